The molecule has 120 valence electrons. The number of likely N-dealkylation sites (N-methyl/N-ethyl adjacent to an activating group) is 1. The lowest BCUT2D eigenvalue weighted by Crippen LogP contribution is -2.39. The highest BCUT2D eigenvalue weighted by atomic mass is 35.5. The number of hydrogen-bond donors (Lipinski definition) is 1. The molecule has 4 nitrogen and oxygen atoms in total. The van der Waals surface area contributed by atoms with Gasteiger partial charge in [0.05, 0.1) is 0 Å². The van der Waals surface area contributed by atoms with Crippen molar-refractivity contribution in [2.45, 2.75) is 20.8 Å². The lowest BCUT2D eigenvalue weighted by molar-refractivity contribution is -0.134. The molecule has 0 aliphatic heterocycles. The largest absolute Gasteiger partial charge is 0.318 e. The number of rotatable bonds is 3. The highest BCUT2D eigenvalue weighted by Crippen LogP contribution is 2.20. The number of halogens is 1. The average Bonchev–Trinajstić information content (AvgIpc) is 2.50. The normalized spacial score (nSPS) is 10.3. The van der Waals surface area contributed by atoms with Gasteiger partial charge in [-0.3, -0.25) is 9.59 Å². The molecule has 23 heavy (non-hydrogen) atoms. The number of nitrogens with one attached hydrogen (secondary N) is 1. The fraction of sp³-hybridized carbons (Fsp3) is 0.222. The van der Waals surface area contributed by atoms with Crippen molar-refractivity contribution in [2.24, 2.45) is 0 Å². The summed E-state index contributed by atoms with van der Waals surface area (Å²) >= 11 is 5.90. The zero-order chi connectivity index (χ0) is 17.0. The second-order valence-electron chi connectivity index (χ2n) is 5.30. The quantitative estimate of drug-likeness (QED) is 0.866. The molecule has 1 N–H and O–H groups in total. The topological polar surface area (TPSA) is 49.4 Å². The molecule has 2 amide bonds. The third-order valence-corrected chi connectivity index (χ3v) is 3.74. The first kappa shape index (κ1) is 17.0. The number of hydrogen-bond acceptors (Lipinski definition) is 2. The molecule has 2 aromatic rings. The van der Waals surface area contributed by atoms with E-state index in [9.17, 15) is 9.59 Å². The summed E-state index contributed by atoms with van der Waals surface area (Å²) in [7, 11) is 0. The lowest BCUT2D eigenvalue weighted by atomic mass is 10.2. The Morgan fingerprint density at radius 2 is 1.87 bits per heavy atom. The van der Waals surface area contributed by atoms with E-state index in [-0.39, 0.29) is 0 Å². The van der Waals surface area contributed by atoms with Crippen molar-refractivity contribution in [2.75, 3.05) is 16.8 Å². The summed E-state index contributed by atoms with van der Waals surface area (Å²) in [4.78, 5) is 26.2. The van der Waals surface area contributed by atoms with E-state index in [1.54, 1.807) is 18.2 Å². The Hall–Kier alpha value is -2.33. The van der Waals surface area contributed by atoms with E-state index in [0.29, 0.717) is 22.9 Å². The molecule has 0 radical (unpaired) electrons. The molecule has 0 unspecified atom stereocenters. The van der Waals surface area contributed by atoms with Crippen molar-refractivity contribution in [3.05, 3.63) is 58.6 Å². The Balaban J connectivity index is 2.19. The van der Waals surface area contributed by atoms with Gasteiger partial charge >= 0.3 is 11.8 Å². The van der Waals surface area contributed by atoms with Crippen LogP contribution < -0.4 is 10.2 Å². The van der Waals surface area contributed by atoms with Crippen LogP contribution in [0, 0.1) is 13.8 Å². The van der Waals surface area contributed by atoms with Crippen LogP contribution in [0.4, 0.5) is 11.4 Å². The van der Waals surface area contributed by atoms with Crippen LogP contribution in [-0.2, 0) is 9.59 Å². The third-order valence-electron chi connectivity index (χ3n) is 3.51. The van der Waals surface area contributed by atoms with Gasteiger partial charge in [-0.15, -0.1) is 0 Å². The highest BCUT2D eigenvalue weighted by molar-refractivity contribution is 6.44. The molecule has 0 saturated carbocycles. The van der Waals surface area contributed by atoms with Crippen molar-refractivity contribution in [1.29, 1.82) is 0 Å². The van der Waals surface area contributed by atoms with Gasteiger partial charge in [-0.25, -0.2) is 0 Å². The van der Waals surface area contributed by atoms with Crippen molar-refractivity contribution in [3.63, 3.8) is 0 Å². The number of carbonyl (C=O) groups is 2. The van der Waals surface area contributed by atoms with E-state index < -0.39 is 11.8 Å². The summed E-state index contributed by atoms with van der Waals surface area (Å²) in [5.74, 6) is -1.26. The van der Waals surface area contributed by atoms with E-state index in [1.165, 1.54) is 4.90 Å². The van der Waals surface area contributed by atoms with Crippen LogP contribution in [0.3, 0.4) is 0 Å². The lowest BCUT2D eigenvalue weighted by Gasteiger charge is -2.21. The molecule has 2 aromatic carbocycles. The second-order valence-corrected chi connectivity index (χ2v) is 5.74. The second kappa shape index (κ2) is 7.29. The van der Waals surface area contributed by atoms with Gasteiger partial charge < -0.3 is 10.2 Å². The predicted octanol–water partition coefficient (Wildman–Crippen LogP) is 3.95. The molecule has 5 heteroatoms. The Labute approximate surface area is 141 Å². The number of carbonyl (C=O) groups excluding carboxylic acids is 2. The molecule has 0 atom stereocenters. The maximum Gasteiger partial charge on any atom is 0.316 e. The molecule has 0 bridgehead atoms. The van der Waals surface area contributed by atoms with Crippen LogP contribution in [0.5, 0.6) is 0 Å². The fourth-order valence-corrected chi connectivity index (χ4v) is 2.53. The molecule has 0 aliphatic rings. The van der Waals surface area contributed by atoms with Crippen molar-refractivity contribution >= 4 is 34.8 Å². The average molecular weight is 331 g/mol. The van der Waals surface area contributed by atoms with Gasteiger partial charge in [0.25, 0.3) is 0 Å². The number of anilines is 2. The molecular weight excluding hydrogens is 312 g/mol. The van der Waals surface area contributed by atoms with Crippen molar-refractivity contribution in [3.8, 4) is 0 Å². The zero-order valence-corrected chi connectivity index (χ0v) is 14.1. The van der Waals surface area contributed by atoms with Crippen LogP contribution in [-0.4, -0.2) is 18.4 Å². The summed E-state index contributed by atoms with van der Waals surface area (Å²) in [6.45, 7) is 6.01. The first-order valence-electron chi connectivity index (χ1n) is 7.38. The minimum absolute atomic E-state index is 0.412. The molecule has 0 aliphatic carbocycles. The maximum absolute atomic E-state index is 12.5. The molecule has 0 aromatic heterocycles. The van der Waals surface area contributed by atoms with Crippen molar-refractivity contribution < 1.29 is 9.59 Å². The van der Waals surface area contributed by atoms with Crippen LogP contribution in [0.1, 0.15) is 18.1 Å². The van der Waals surface area contributed by atoms with Gasteiger partial charge in [-0.2, -0.15) is 0 Å². The Kier molecular flexibility index (Phi) is 5.40. The number of nitrogens with zero attached hydrogens (tertiary/aromatic N) is 1. The summed E-state index contributed by atoms with van der Waals surface area (Å²) in [6, 6.07) is 12.6. The summed E-state index contributed by atoms with van der Waals surface area (Å²) in [5.41, 5.74) is 3.12. The minimum atomic E-state index is -0.668. The van der Waals surface area contributed by atoms with Crippen LogP contribution in [0.2, 0.25) is 5.02 Å². The first-order chi connectivity index (χ1) is 10.9. The zero-order valence-electron chi connectivity index (χ0n) is 13.4. The van der Waals surface area contributed by atoms with E-state index >= 15 is 0 Å². The van der Waals surface area contributed by atoms with E-state index in [2.05, 4.69) is 5.32 Å². The smallest absolute Gasteiger partial charge is 0.316 e. The fourth-order valence-electron chi connectivity index (χ4n) is 2.30. The number of benzene rings is 2. The van der Waals surface area contributed by atoms with E-state index in [1.807, 2.05) is 45.0 Å². The predicted molar refractivity (Wildman–Crippen MR) is 94.0 cm³/mol. The van der Waals surface area contributed by atoms with Gasteiger partial charge in [-0.05, 0) is 62.2 Å². The Bertz CT molecular complexity index is 744. The van der Waals surface area contributed by atoms with E-state index in [4.69, 9.17) is 11.6 Å². The molecule has 0 fully saturated rings. The van der Waals surface area contributed by atoms with Gasteiger partial charge in [0.2, 0.25) is 0 Å². The third kappa shape index (κ3) is 4.11. The van der Waals surface area contributed by atoms with E-state index in [0.717, 1.165) is 11.1 Å². The molecule has 2 rings (SSSR count). The summed E-state index contributed by atoms with van der Waals surface area (Å²) in [5, 5.41) is 3.23. The Morgan fingerprint density at radius 1 is 1.13 bits per heavy atom. The highest BCUT2D eigenvalue weighted by Gasteiger charge is 2.22. The molecule has 0 spiro atoms. The molecular formula is C18H19ClN2O2. The monoisotopic (exact) mass is 330 g/mol. The van der Waals surface area contributed by atoms with Crippen LogP contribution in [0.15, 0.2) is 42.5 Å². The Morgan fingerprint density at radius 3 is 2.48 bits per heavy atom. The van der Waals surface area contributed by atoms with Crippen molar-refractivity contribution in [1.82, 2.24) is 0 Å². The van der Waals surface area contributed by atoms with Gasteiger partial charge in [0.1, 0.15) is 0 Å². The van der Waals surface area contributed by atoms with Gasteiger partial charge in [0.15, 0.2) is 0 Å². The number of amides is 2. The number of aryl methyl sites for hydroxylation is 2. The maximum atomic E-state index is 12.5. The first-order valence-corrected chi connectivity index (χ1v) is 7.76. The standard InChI is InChI=1S/C18H19ClN2O2/c1-4-21(15-7-5-6-12(2)10-15)18(23)17(22)20-16-9-8-14(19)11-13(16)3/h5-11H,4H2,1-3H3,(H,20,22). The van der Waals surface area contributed by atoms with Gasteiger partial charge in [-0.1, -0.05) is 23.7 Å². The molecule has 0 saturated heterocycles. The molecule has 0 heterocycles. The minimum Gasteiger partial charge on any atom is -0.318 e. The summed E-state index contributed by atoms with van der Waals surface area (Å²) in [6.07, 6.45) is 0. The van der Waals surface area contributed by atoms with Crippen LogP contribution in [0.25, 0.3) is 0 Å². The SMILES string of the molecule is CCN(C(=O)C(=O)Nc1ccc(Cl)cc1C)c1cccc(C)c1. The van der Waals surface area contributed by atoms with Gasteiger partial charge in [0, 0.05) is 22.9 Å². The summed E-state index contributed by atoms with van der Waals surface area (Å²) < 4.78 is 0. The van der Waals surface area contributed by atoms with Crippen LogP contribution >= 0.6 is 11.6 Å².